The molecule has 0 aliphatic carbocycles. The summed E-state index contributed by atoms with van der Waals surface area (Å²) in [5.74, 6) is -1.57. The molecule has 2 rings (SSSR count). The Bertz CT molecular complexity index is 738. The van der Waals surface area contributed by atoms with E-state index in [4.69, 9.17) is 5.11 Å². The first-order valence-electron chi connectivity index (χ1n) is 7.64. The average Bonchev–Trinajstić information content (AvgIpc) is 2.89. The second-order valence-corrected chi connectivity index (χ2v) is 5.77. The van der Waals surface area contributed by atoms with E-state index in [0.29, 0.717) is 16.9 Å². The molecule has 0 aliphatic rings. The third-order valence-electron chi connectivity index (χ3n) is 3.76. The average molecular weight is 333 g/mol. The summed E-state index contributed by atoms with van der Waals surface area (Å²) in [5, 5.41) is 13.0. The molecule has 7 heteroatoms. The van der Waals surface area contributed by atoms with Gasteiger partial charge in [-0.3, -0.25) is 9.59 Å². The number of carboxylic acid groups (broad SMARTS) is 1. The Hall–Kier alpha value is -2.70. The van der Waals surface area contributed by atoms with Crippen LogP contribution < -0.4 is 0 Å². The molecule has 128 valence electrons. The lowest BCUT2D eigenvalue weighted by molar-refractivity contribution is -0.137. The number of aromatic nitrogens is 2. The van der Waals surface area contributed by atoms with Crippen LogP contribution in [-0.4, -0.2) is 44.3 Å². The van der Waals surface area contributed by atoms with Gasteiger partial charge in [-0.1, -0.05) is 0 Å². The minimum atomic E-state index is -0.952. The smallest absolute Gasteiger partial charge is 0.305 e. The van der Waals surface area contributed by atoms with Crippen molar-refractivity contribution in [2.24, 2.45) is 0 Å². The molecule has 6 nitrogen and oxygen atoms in total. The Labute approximate surface area is 139 Å². The number of halogens is 1. The number of carbonyl (C=O) groups excluding carboxylic acids is 1. The molecule has 0 spiro atoms. The van der Waals surface area contributed by atoms with E-state index in [1.165, 1.54) is 23.2 Å². The van der Waals surface area contributed by atoms with Gasteiger partial charge in [0.25, 0.3) is 5.91 Å². The van der Waals surface area contributed by atoms with E-state index >= 15 is 0 Å². The molecule has 0 bridgehead atoms. The number of benzene rings is 1. The first-order valence-corrected chi connectivity index (χ1v) is 7.64. The Kier molecular flexibility index (Phi) is 5.33. The van der Waals surface area contributed by atoms with E-state index in [1.54, 1.807) is 23.7 Å². The highest BCUT2D eigenvalue weighted by molar-refractivity contribution is 5.95. The number of hydrogen-bond donors (Lipinski definition) is 1. The standard InChI is InChI=1S/C17H20FN3O3/c1-11(2)20(9-8-16(22)23)17(24)15-10-19-21(12(15)3)14-6-4-13(18)5-7-14/h4-7,10-11H,8-9H2,1-3H3,(H,22,23). The lowest BCUT2D eigenvalue weighted by Crippen LogP contribution is -2.38. The van der Waals surface area contributed by atoms with Gasteiger partial charge in [0.2, 0.25) is 0 Å². The van der Waals surface area contributed by atoms with Crippen molar-refractivity contribution in [3.8, 4) is 5.69 Å². The summed E-state index contributed by atoms with van der Waals surface area (Å²) in [5.41, 5.74) is 1.67. The molecule has 1 N–H and O–H groups in total. The molecule has 0 fully saturated rings. The highest BCUT2D eigenvalue weighted by atomic mass is 19.1. The highest BCUT2D eigenvalue weighted by Crippen LogP contribution is 2.17. The van der Waals surface area contributed by atoms with Crippen LogP contribution >= 0.6 is 0 Å². The lowest BCUT2D eigenvalue weighted by atomic mass is 10.2. The molecule has 0 aliphatic heterocycles. The van der Waals surface area contributed by atoms with Gasteiger partial charge in [-0.15, -0.1) is 0 Å². The zero-order chi connectivity index (χ0) is 17.9. The van der Waals surface area contributed by atoms with Crippen molar-refractivity contribution in [2.45, 2.75) is 33.2 Å². The SMILES string of the molecule is Cc1c(C(=O)N(CCC(=O)O)C(C)C)cnn1-c1ccc(F)cc1. The fraction of sp³-hybridized carbons (Fsp3) is 0.353. The van der Waals surface area contributed by atoms with Gasteiger partial charge < -0.3 is 10.0 Å². The van der Waals surface area contributed by atoms with E-state index in [2.05, 4.69) is 5.10 Å². The van der Waals surface area contributed by atoms with Crippen LogP contribution in [0.4, 0.5) is 4.39 Å². The van der Waals surface area contributed by atoms with Crippen molar-refractivity contribution < 1.29 is 19.1 Å². The summed E-state index contributed by atoms with van der Waals surface area (Å²) in [4.78, 5) is 25.0. The van der Waals surface area contributed by atoms with Gasteiger partial charge in [0, 0.05) is 12.6 Å². The number of hydrogen-bond acceptors (Lipinski definition) is 3. The normalized spacial score (nSPS) is 10.9. The van der Waals surface area contributed by atoms with Crippen LogP contribution in [0.25, 0.3) is 5.69 Å². The Morgan fingerprint density at radius 1 is 1.29 bits per heavy atom. The zero-order valence-corrected chi connectivity index (χ0v) is 13.9. The van der Waals surface area contributed by atoms with Crippen LogP contribution in [-0.2, 0) is 4.79 Å². The van der Waals surface area contributed by atoms with Gasteiger partial charge in [0.05, 0.1) is 29.6 Å². The topological polar surface area (TPSA) is 75.4 Å². The van der Waals surface area contributed by atoms with Crippen LogP contribution in [0, 0.1) is 12.7 Å². The van der Waals surface area contributed by atoms with E-state index in [1.807, 2.05) is 13.8 Å². The third kappa shape index (κ3) is 3.79. The predicted molar refractivity (Wildman–Crippen MR) is 86.7 cm³/mol. The second-order valence-electron chi connectivity index (χ2n) is 5.77. The van der Waals surface area contributed by atoms with Gasteiger partial charge in [0.15, 0.2) is 0 Å². The summed E-state index contributed by atoms with van der Waals surface area (Å²) >= 11 is 0. The maximum absolute atomic E-state index is 13.0. The Balaban J connectivity index is 2.29. The van der Waals surface area contributed by atoms with Gasteiger partial charge in [0.1, 0.15) is 5.82 Å². The summed E-state index contributed by atoms with van der Waals surface area (Å²) in [6.07, 6.45) is 1.34. The Morgan fingerprint density at radius 2 is 1.92 bits per heavy atom. The number of nitrogens with zero attached hydrogens (tertiary/aromatic N) is 3. The van der Waals surface area contributed by atoms with Crippen LogP contribution in [0.5, 0.6) is 0 Å². The second kappa shape index (κ2) is 7.25. The molecule has 1 aromatic carbocycles. The molecule has 24 heavy (non-hydrogen) atoms. The van der Waals surface area contributed by atoms with E-state index in [9.17, 15) is 14.0 Å². The van der Waals surface area contributed by atoms with E-state index in [0.717, 1.165) is 0 Å². The maximum atomic E-state index is 13.0. The van der Waals surface area contributed by atoms with Crippen LogP contribution in [0.3, 0.4) is 0 Å². The minimum absolute atomic E-state index is 0.116. The largest absolute Gasteiger partial charge is 0.481 e. The van der Waals surface area contributed by atoms with Gasteiger partial charge in [-0.2, -0.15) is 5.10 Å². The lowest BCUT2D eigenvalue weighted by Gasteiger charge is -2.26. The fourth-order valence-corrected chi connectivity index (χ4v) is 2.43. The molecule has 0 radical (unpaired) electrons. The quantitative estimate of drug-likeness (QED) is 0.882. The van der Waals surface area contributed by atoms with Crippen molar-refractivity contribution in [3.05, 3.63) is 47.5 Å². The highest BCUT2D eigenvalue weighted by Gasteiger charge is 2.23. The first kappa shape index (κ1) is 17.7. The summed E-state index contributed by atoms with van der Waals surface area (Å²) in [6.45, 7) is 5.55. The zero-order valence-electron chi connectivity index (χ0n) is 13.9. The summed E-state index contributed by atoms with van der Waals surface area (Å²) in [7, 11) is 0. The Morgan fingerprint density at radius 3 is 2.46 bits per heavy atom. The number of rotatable bonds is 6. The molecule has 1 aromatic heterocycles. The molecular weight excluding hydrogens is 313 g/mol. The molecule has 0 saturated carbocycles. The number of carboxylic acids is 1. The fourth-order valence-electron chi connectivity index (χ4n) is 2.43. The van der Waals surface area contributed by atoms with Crippen molar-refractivity contribution in [2.75, 3.05) is 6.54 Å². The first-order chi connectivity index (χ1) is 11.3. The molecule has 1 amide bonds. The minimum Gasteiger partial charge on any atom is -0.481 e. The molecule has 0 unspecified atom stereocenters. The van der Waals surface area contributed by atoms with Gasteiger partial charge >= 0.3 is 5.97 Å². The molecule has 0 atom stereocenters. The number of carbonyl (C=O) groups is 2. The molecule has 2 aromatic rings. The summed E-state index contributed by atoms with van der Waals surface area (Å²) in [6, 6.07) is 5.67. The predicted octanol–water partition coefficient (Wildman–Crippen LogP) is 2.65. The van der Waals surface area contributed by atoms with Crippen LogP contribution in [0.1, 0.15) is 36.3 Å². The third-order valence-corrected chi connectivity index (χ3v) is 3.76. The van der Waals surface area contributed by atoms with Crippen LogP contribution in [0.15, 0.2) is 30.5 Å². The summed E-state index contributed by atoms with van der Waals surface area (Å²) < 4.78 is 14.6. The molecular formula is C17H20FN3O3. The maximum Gasteiger partial charge on any atom is 0.305 e. The molecule has 1 heterocycles. The van der Waals surface area contributed by atoms with Crippen LogP contribution in [0.2, 0.25) is 0 Å². The van der Waals surface area contributed by atoms with Crippen molar-refractivity contribution >= 4 is 11.9 Å². The van der Waals surface area contributed by atoms with Gasteiger partial charge in [-0.05, 0) is 45.0 Å². The van der Waals surface area contributed by atoms with Crippen molar-refractivity contribution in [1.82, 2.24) is 14.7 Å². The monoisotopic (exact) mass is 333 g/mol. The van der Waals surface area contributed by atoms with E-state index < -0.39 is 5.97 Å². The number of amides is 1. The van der Waals surface area contributed by atoms with E-state index in [-0.39, 0.29) is 30.7 Å². The molecule has 0 saturated heterocycles. The number of aliphatic carboxylic acids is 1. The van der Waals surface area contributed by atoms with Crippen molar-refractivity contribution in [3.63, 3.8) is 0 Å². The van der Waals surface area contributed by atoms with Crippen molar-refractivity contribution in [1.29, 1.82) is 0 Å². The van der Waals surface area contributed by atoms with Gasteiger partial charge in [-0.25, -0.2) is 9.07 Å².